The predicted molar refractivity (Wildman–Crippen MR) is 70.5 cm³/mol. The quantitative estimate of drug-likeness (QED) is 0.733. The van der Waals surface area contributed by atoms with Crippen LogP contribution in [0.25, 0.3) is 0 Å². The van der Waals surface area contributed by atoms with Gasteiger partial charge in [0, 0.05) is 6.04 Å². The van der Waals surface area contributed by atoms with Crippen molar-refractivity contribution < 1.29 is 9.90 Å². The van der Waals surface area contributed by atoms with Gasteiger partial charge in [0.05, 0.1) is 0 Å². The molecule has 2 unspecified atom stereocenters. The maximum Gasteiger partial charge on any atom is 0.320 e. The first kappa shape index (κ1) is 13.1. The molecule has 2 atom stereocenters. The van der Waals surface area contributed by atoms with Crippen molar-refractivity contribution >= 4 is 5.97 Å². The molecule has 0 radical (unpaired) electrons. The summed E-state index contributed by atoms with van der Waals surface area (Å²) in [6.07, 6.45) is 3.92. The molecule has 1 aliphatic rings. The maximum absolute atomic E-state index is 10.8. The number of fused-ring (bicyclic) bond motifs is 1. The predicted octanol–water partition coefficient (Wildman–Crippen LogP) is 1.24. The molecule has 0 saturated carbocycles. The highest BCUT2D eigenvalue weighted by Gasteiger charge is 2.20. The second-order valence-corrected chi connectivity index (χ2v) is 4.90. The van der Waals surface area contributed by atoms with E-state index in [2.05, 4.69) is 23.5 Å². The van der Waals surface area contributed by atoms with Gasteiger partial charge in [-0.15, -0.1) is 0 Å². The van der Waals surface area contributed by atoms with Crippen LogP contribution < -0.4 is 11.1 Å². The van der Waals surface area contributed by atoms with Crippen molar-refractivity contribution in [1.29, 1.82) is 0 Å². The number of carbonyl (C=O) groups is 1. The van der Waals surface area contributed by atoms with Crippen molar-refractivity contribution in [3.05, 3.63) is 34.9 Å². The molecule has 4 nitrogen and oxygen atoms in total. The number of benzene rings is 1. The molecule has 0 aliphatic heterocycles. The summed E-state index contributed by atoms with van der Waals surface area (Å²) in [5.74, 6) is -0.948. The molecule has 0 amide bonds. The third-order valence-electron chi connectivity index (χ3n) is 3.68. The van der Waals surface area contributed by atoms with Gasteiger partial charge in [-0.1, -0.05) is 18.2 Å². The van der Waals surface area contributed by atoms with E-state index in [9.17, 15) is 4.79 Å². The zero-order valence-electron chi connectivity index (χ0n) is 10.6. The number of hydrogen-bond acceptors (Lipinski definition) is 3. The number of carboxylic acids is 1. The van der Waals surface area contributed by atoms with Gasteiger partial charge < -0.3 is 16.2 Å². The fourth-order valence-electron chi connectivity index (χ4n) is 2.58. The van der Waals surface area contributed by atoms with Crippen molar-refractivity contribution in [2.45, 2.75) is 37.8 Å². The van der Waals surface area contributed by atoms with E-state index in [0.717, 1.165) is 18.4 Å². The average molecular weight is 248 g/mol. The van der Waals surface area contributed by atoms with E-state index in [1.165, 1.54) is 17.5 Å². The molecule has 18 heavy (non-hydrogen) atoms. The lowest BCUT2D eigenvalue weighted by Gasteiger charge is -2.19. The van der Waals surface area contributed by atoms with Crippen molar-refractivity contribution in [2.24, 2.45) is 5.73 Å². The number of nitrogens with one attached hydrogen (secondary N) is 1. The standard InChI is InChI=1S/C14H20N2O2/c1-16-13(8-12(15)14(17)18)11-6-5-9-3-2-4-10(9)7-11/h5-7,12-13,16H,2-4,8,15H2,1H3,(H,17,18). The Labute approximate surface area is 107 Å². The lowest BCUT2D eigenvalue weighted by atomic mass is 9.96. The van der Waals surface area contributed by atoms with Gasteiger partial charge >= 0.3 is 5.97 Å². The monoisotopic (exact) mass is 248 g/mol. The highest BCUT2D eigenvalue weighted by Crippen LogP contribution is 2.26. The first-order valence-corrected chi connectivity index (χ1v) is 6.39. The summed E-state index contributed by atoms with van der Waals surface area (Å²) in [7, 11) is 1.84. The Balaban J connectivity index is 2.15. The first-order valence-electron chi connectivity index (χ1n) is 6.39. The zero-order valence-corrected chi connectivity index (χ0v) is 10.6. The third-order valence-corrected chi connectivity index (χ3v) is 3.68. The molecule has 0 heterocycles. The fourth-order valence-corrected chi connectivity index (χ4v) is 2.58. The van der Waals surface area contributed by atoms with Crippen molar-refractivity contribution in [2.75, 3.05) is 7.05 Å². The molecule has 0 aromatic heterocycles. The Hall–Kier alpha value is -1.39. The molecule has 1 aromatic carbocycles. The van der Waals surface area contributed by atoms with Crippen LogP contribution in [0.4, 0.5) is 0 Å². The van der Waals surface area contributed by atoms with Gasteiger partial charge in [-0.3, -0.25) is 4.79 Å². The molecule has 0 fully saturated rings. The minimum Gasteiger partial charge on any atom is -0.480 e. The van der Waals surface area contributed by atoms with Crippen LogP contribution in [0.5, 0.6) is 0 Å². The van der Waals surface area contributed by atoms with E-state index in [1.807, 2.05) is 7.05 Å². The lowest BCUT2D eigenvalue weighted by Crippen LogP contribution is -2.34. The van der Waals surface area contributed by atoms with Crippen LogP contribution in [0, 0.1) is 0 Å². The summed E-state index contributed by atoms with van der Waals surface area (Å²) < 4.78 is 0. The normalized spacial score (nSPS) is 17.2. The van der Waals surface area contributed by atoms with Crippen LogP contribution in [0.1, 0.15) is 35.6 Å². The number of carboxylic acid groups (broad SMARTS) is 1. The largest absolute Gasteiger partial charge is 0.480 e. The van der Waals surface area contributed by atoms with E-state index in [1.54, 1.807) is 0 Å². The Morgan fingerprint density at radius 1 is 1.44 bits per heavy atom. The number of nitrogens with two attached hydrogens (primary N) is 1. The molecule has 98 valence electrons. The highest BCUT2D eigenvalue weighted by atomic mass is 16.4. The summed E-state index contributed by atoms with van der Waals surface area (Å²) in [4.78, 5) is 10.8. The minimum absolute atomic E-state index is 0.00185. The minimum atomic E-state index is -0.948. The number of aliphatic carboxylic acids is 1. The van der Waals surface area contributed by atoms with Crippen LogP contribution in [0.3, 0.4) is 0 Å². The van der Waals surface area contributed by atoms with E-state index >= 15 is 0 Å². The van der Waals surface area contributed by atoms with Crippen LogP contribution >= 0.6 is 0 Å². The molecular weight excluding hydrogens is 228 g/mol. The van der Waals surface area contributed by atoms with Crippen molar-refractivity contribution in [3.63, 3.8) is 0 Å². The van der Waals surface area contributed by atoms with Gasteiger partial charge in [0.25, 0.3) is 0 Å². The van der Waals surface area contributed by atoms with Crippen molar-refractivity contribution in [3.8, 4) is 0 Å². The topological polar surface area (TPSA) is 75.3 Å². The molecule has 1 aromatic rings. The first-order chi connectivity index (χ1) is 8.61. The molecule has 1 aliphatic carbocycles. The zero-order chi connectivity index (χ0) is 13.1. The molecular formula is C14H20N2O2. The summed E-state index contributed by atoms with van der Waals surface area (Å²) in [5, 5.41) is 12.0. The van der Waals surface area contributed by atoms with Crippen LogP contribution in [-0.4, -0.2) is 24.2 Å². The second kappa shape index (κ2) is 5.50. The Kier molecular flexibility index (Phi) is 3.99. The molecule has 2 rings (SSSR count). The van der Waals surface area contributed by atoms with Gasteiger partial charge in [-0.25, -0.2) is 0 Å². The smallest absolute Gasteiger partial charge is 0.320 e. The second-order valence-electron chi connectivity index (χ2n) is 4.90. The highest BCUT2D eigenvalue weighted by molar-refractivity contribution is 5.73. The SMILES string of the molecule is CNC(CC(N)C(=O)O)c1ccc2c(c1)CCC2. The van der Waals surface area contributed by atoms with Gasteiger partial charge in [0.2, 0.25) is 0 Å². The van der Waals surface area contributed by atoms with Crippen LogP contribution in [-0.2, 0) is 17.6 Å². The molecule has 4 heteroatoms. The maximum atomic E-state index is 10.8. The number of hydrogen-bond donors (Lipinski definition) is 3. The molecule has 0 saturated heterocycles. The number of rotatable bonds is 5. The Morgan fingerprint density at radius 3 is 2.83 bits per heavy atom. The van der Waals surface area contributed by atoms with Crippen molar-refractivity contribution in [1.82, 2.24) is 5.32 Å². The summed E-state index contributed by atoms with van der Waals surface area (Å²) in [6.45, 7) is 0. The average Bonchev–Trinajstić information content (AvgIpc) is 2.82. The van der Waals surface area contributed by atoms with Crippen LogP contribution in [0.15, 0.2) is 18.2 Å². The van der Waals surface area contributed by atoms with Crippen LogP contribution in [0.2, 0.25) is 0 Å². The third kappa shape index (κ3) is 2.71. The summed E-state index contributed by atoms with van der Waals surface area (Å²) in [5.41, 5.74) is 9.56. The summed E-state index contributed by atoms with van der Waals surface area (Å²) in [6, 6.07) is 5.62. The molecule has 0 bridgehead atoms. The van der Waals surface area contributed by atoms with E-state index < -0.39 is 12.0 Å². The Bertz CT molecular complexity index is 445. The fraction of sp³-hybridized carbons (Fsp3) is 0.500. The van der Waals surface area contributed by atoms with Gasteiger partial charge in [0.15, 0.2) is 0 Å². The lowest BCUT2D eigenvalue weighted by molar-refractivity contribution is -0.138. The van der Waals surface area contributed by atoms with E-state index in [-0.39, 0.29) is 6.04 Å². The molecule has 4 N–H and O–H groups in total. The summed E-state index contributed by atoms with van der Waals surface area (Å²) >= 11 is 0. The Morgan fingerprint density at radius 2 is 2.17 bits per heavy atom. The van der Waals surface area contributed by atoms with Gasteiger partial charge in [-0.05, 0) is 49.4 Å². The van der Waals surface area contributed by atoms with E-state index in [4.69, 9.17) is 10.8 Å². The van der Waals surface area contributed by atoms with Gasteiger partial charge in [0.1, 0.15) is 6.04 Å². The van der Waals surface area contributed by atoms with Gasteiger partial charge in [-0.2, -0.15) is 0 Å². The van der Waals surface area contributed by atoms with E-state index in [0.29, 0.717) is 6.42 Å². The number of aryl methyl sites for hydroxylation is 2. The molecule has 0 spiro atoms.